The summed E-state index contributed by atoms with van der Waals surface area (Å²) in [6.45, 7) is 2.26. The Balaban J connectivity index is 1.26. The highest BCUT2D eigenvalue weighted by Crippen LogP contribution is 2.28. The number of likely N-dealkylation sites (tertiary alicyclic amines) is 1. The Kier molecular flexibility index (Phi) is 4.52. The Morgan fingerprint density at radius 3 is 2.62 bits per heavy atom. The van der Waals surface area contributed by atoms with E-state index in [1.807, 2.05) is 45.9 Å². The van der Waals surface area contributed by atoms with Crippen molar-refractivity contribution in [3.8, 4) is 0 Å². The molecular formula is C23H21N5O. The third kappa shape index (κ3) is 3.49. The molecule has 4 heterocycles. The largest absolute Gasteiger partial charge is 0.337 e. The second-order valence-electron chi connectivity index (χ2n) is 7.43. The van der Waals surface area contributed by atoms with Gasteiger partial charge in [0.05, 0.1) is 11.9 Å². The van der Waals surface area contributed by atoms with Gasteiger partial charge in [-0.3, -0.25) is 9.78 Å². The molecule has 4 aromatic rings. The Hall–Kier alpha value is -3.54. The minimum Gasteiger partial charge on any atom is -0.337 e. The van der Waals surface area contributed by atoms with Crippen LogP contribution in [0.3, 0.4) is 0 Å². The molecular weight excluding hydrogens is 362 g/mol. The summed E-state index contributed by atoms with van der Waals surface area (Å²) >= 11 is 0. The zero-order valence-corrected chi connectivity index (χ0v) is 16.0. The summed E-state index contributed by atoms with van der Waals surface area (Å²) < 4.78 is 2.04. The van der Waals surface area contributed by atoms with E-state index in [-0.39, 0.29) is 5.91 Å². The number of benzene rings is 1. The van der Waals surface area contributed by atoms with Gasteiger partial charge in [0.15, 0.2) is 5.65 Å². The van der Waals surface area contributed by atoms with Crippen molar-refractivity contribution >= 4 is 17.1 Å². The lowest BCUT2D eigenvalue weighted by Crippen LogP contribution is -2.48. The molecule has 6 nitrogen and oxygen atoms in total. The van der Waals surface area contributed by atoms with E-state index < -0.39 is 0 Å². The molecule has 144 valence electrons. The van der Waals surface area contributed by atoms with Crippen LogP contribution in [0.5, 0.6) is 0 Å². The van der Waals surface area contributed by atoms with Gasteiger partial charge in [-0.15, -0.1) is 0 Å². The predicted octanol–water partition coefficient (Wildman–Crippen LogP) is 3.31. The van der Waals surface area contributed by atoms with Crippen molar-refractivity contribution < 1.29 is 4.79 Å². The second-order valence-corrected chi connectivity index (χ2v) is 7.43. The molecule has 1 fully saturated rings. The van der Waals surface area contributed by atoms with Gasteiger partial charge in [0.1, 0.15) is 5.52 Å². The van der Waals surface area contributed by atoms with Crippen LogP contribution < -0.4 is 0 Å². The van der Waals surface area contributed by atoms with Crippen LogP contribution in [-0.4, -0.2) is 43.4 Å². The first-order chi connectivity index (χ1) is 14.3. The number of carbonyl (C=O) groups is 1. The van der Waals surface area contributed by atoms with Crippen LogP contribution in [0.15, 0.2) is 73.4 Å². The van der Waals surface area contributed by atoms with Crippen LogP contribution in [0.2, 0.25) is 0 Å². The van der Waals surface area contributed by atoms with Gasteiger partial charge in [-0.25, -0.2) is 9.97 Å². The summed E-state index contributed by atoms with van der Waals surface area (Å²) in [7, 11) is 0. The number of fused-ring (bicyclic) bond motifs is 1. The molecule has 29 heavy (non-hydrogen) atoms. The first-order valence-electron chi connectivity index (χ1n) is 9.82. The van der Waals surface area contributed by atoms with Gasteiger partial charge in [0, 0.05) is 44.1 Å². The lowest BCUT2D eigenvalue weighted by atomic mass is 9.92. The highest BCUT2D eigenvalue weighted by atomic mass is 16.2. The number of amides is 1. The van der Waals surface area contributed by atoms with Crippen LogP contribution in [0, 0.1) is 0 Å². The van der Waals surface area contributed by atoms with Crippen molar-refractivity contribution in [2.45, 2.75) is 18.9 Å². The van der Waals surface area contributed by atoms with Gasteiger partial charge < -0.3 is 9.47 Å². The fraction of sp³-hybridized carbons (Fsp3) is 0.217. The molecule has 1 aromatic carbocycles. The maximum atomic E-state index is 12.8. The standard InChI is InChI=1S/C23H21N5O/c29-23(28-14-20(15-28)18-6-9-24-10-7-18)19-12-21-22(25-13-19)27(16-26-21)11-8-17-4-2-1-3-5-17/h1-7,9-10,12-13,16,20H,8,11,14-15H2. The summed E-state index contributed by atoms with van der Waals surface area (Å²) in [6, 6.07) is 16.2. The molecule has 0 N–H and O–H groups in total. The Morgan fingerprint density at radius 2 is 1.83 bits per heavy atom. The Morgan fingerprint density at radius 1 is 1.03 bits per heavy atom. The molecule has 6 heteroatoms. The number of aryl methyl sites for hydroxylation is 2. The van der Waals surface area contributed by atoms with E-state index in [2.05, 4.69) is 27.1 Å². The molecule has 0 unspecified atom stereocenters. The van der Waals surface area contributed by atoms with Crippen LogP contribution in [0.4, 0.5) is 0 Å². The molecule has 0 bridgehead atoms. The Labute approximate surface area is 168 Å². The number of rotatable bonds is 5. The fourth-order valence-electron chi connectivity index (χ4n) is 3.80. The summed E-state index contributed by atoms with van der Waals surface area (Å²) in [5, 5.41) is 0. The van der Waals surface area contributed by atoms with Gasteiger partial charge in [-0.2, -0.15) is 0 Å². The number of aromatic nitrogens is 4. The average molecular weight is 383 g/mol. The van der Waals surface area contributed by atoms with Crippen LogP contribution in [0.25, 0.3) is 11.2 Å². The molecule has 1 aliphatic heterocycles. The summed E-state index contributed by atoms with van der Waals surface area (Å²) in [4.78, 5) is 27.7. The third-order valence-electron chi connectivity index (χ3n) is 5.53. The molecule has 1 amide bonds. The zero-order valence-electron chi connectivity index (χ0n) is 16.0. The number of carbonyl (C=O) groups excluding carboxylic acids is 1. The topological polar surface area (TPSA) is 63.9 Å². The van der Waals surface area contributed by atoms with Crippen LogP contribution in [0.1, 0.15) is 27.4 Å². The van der Waals surface area contributed by atoms with E-state index in [4.69, 9.17) is 0 Å². The van der Waals surface area contributed by atoms with E-state index in [0.29, 0.717) is 11.5 Å². The number of hydrogen-bond donors (Lipinski definition) is 0. The highest BCUT2D eigenvalue weighted by Gasteiger charge is 2.32. The molecule has 0 spiro atoms. The predicted molar refractivity (Wildman–Crippen MR) is 111 cm³/mol. The first kappa shape index (κ1) is 17.6. The summed E-state index contributed by atoms with van der Waals surface area (Å²) in [5.41, 5.74) is 4.68. The van der Waals surface area contributed by atoms with Gasteiger partial charge >= 0.3 is 0 Å². The van der Waals surface area contributed by atoms with Crippen LogP contribution >= 0.6 is 0 Å². The number of pyridine rings is 2. The average Bonchev–Trinajstić information content (AvgIpc) is 3.15. The number of nitrogens with zero attached hydrogens (tertiary/aromatic N) is 5. The van der Waals surface area contributed by atoms with Crippen molar-refractivity contribution in [3.63, 3.8) is 0 Å². The molecule has 0 atom stereocenters. The van der Waals surface area contributed by atoms with Gasteiger partial charge in [0.25, 0.3) is 5.91 Å². The van der Waals surface area contributed by atoms with Crippen molar-refractivity contribution in [2.75, 3.05) is 13.1 Å². The number of hydrogen-bond acceptors (Lipinski definition) is 4. The fourth-order valence-corrected chi connectivity index (χ4v) is 3.80. The minimum absolute atomic E-state index is 0.0172. The van der Waals surface area contributed by atoms with E-state index >= 15 is 0 Å². The van der Waals surface area contributed by atoms with Gasteiger partial charge in [-0.05, 0) is 35.7 Å². The van der Waals surface area contributed by atoms with Gasteiger partial charge in [-0.1, -0.05) is 30.3 Å². The lowest BCUT2D eigenvalue weighted by molar-refractivity contribution is 0.0602. The highest BCUT2D eigenvalue weighted by molar-refractivity contribution is 5.97. The second kappa shape index (κ2) is 7.47. The van der Waals surface area contributed by atoms with Crippen molar-refractivity contribution in [1.29, 1.82) is 0 Å². The molecule has 0 radical (unpaired) electrons. The number of imidazole rings is 1. The molecule has 0 saturated carbocycles. The molecule has 1 aliphatic rings. The summed E-state index contributed by atoms with van der Waals surface area (Å²) in [5.74, 6) is 0.402. The quantitative estimate of drug-likeness (QED) is 0.530. The molecule has 1 saturated heterocycles. The van der Waals surface area contributed by atoms with Crippen LogP contribution in [-0.2, 0) is 13.0 Å². The molecule has 3 aromatic heterocycles. The smallest absolute Gasteiger partial charge is 0.255 e. The maximum Gasteiger partial charge on any atom is 0.255 e. The normalized spacial score (nSPS) is 14.1. The first-order valence-corrected chi connectivity index (χ1v) is 9.82. The van der Waals surface area contributed by atoms with E-state index in [1.165, 1.54) is 11.1 Å². The zero-order chi connectivity index (χ0) is 19.6. The molecule has 0 aliphatic carbocycles. The molecule has 5 rings (SSSR count). The third-order valence-corrected chi connectivity index (χ3v) is 5.53. The van der Waals surface area contributed by atoms with Crippen molar-refractivity contribution in [3.05, 3.63) is 90.1 Å². The monoisotopic (exact) mass is 383 g/mol. The van der Waals surface area contributed by atoms with Gasteiger partial charge in [0.2, 0.25) is 0 Å². The van der Waals surface area contributed by atoms with E-state index in [9.17, 15) is 4.79 Å². The van der Waals surface area contributed by atoms with E-state index in [1.54, 1.807) is 24.9 Å². The van der Waals surface area contributed by atoms with Crippen molar-refractivity contribution in [2.24, 2.45) is 0 Å². The SMILES string of the molecule is O=C(c1cnc2c(c1)ncn2CCc1ccccc1)N1CC(c2ccncc2)C1. The summed E-state index contributed by atoms with van der Waals surface area (Å²) in [6.07, 6.45) is 7.99. The van der Waals surface area contributed by atoms with Crippen molar-refractivity contribution in [1.82, 2.24) is 24.4 Å². The Bertz CT molecular complexity index is 1130. The maximum absolute atomic E-state index is 12.8. The minimum atomic E-state index is 0.0172. The lowest BCUT2D eigenvalue weighted by Gasteiger charge is -2.39. The van der Waals surface area contributed by atoms with E-state index in [0.717, 1.165) is 37.2 Å².